The molecule has 0 radical (unpaired) electrons. The molecule has 1 aliphatic heterocycles. The van der Waals surface area contributed by atoms with Crippen molar-refractivity contribution in [1.82, 2.24) is 24.6 Å². The van der Waals surface area contributed by atoms with Crippen LogP contribution in [0.15, 0.2) is 6.33 Å². The molecule has 0 spiro atoms. The number of imidazole rings is 1. The molecule has 35 heavy (non-hydrogen) atoms. The Labute approximate surface area is 200 Å². The van der Waals surface area contributed by atoms with E-state index in [1.807, 2.05) is 0 Å². The number of carbonyl (C=O) groups excluding carboxylic acids is 1. The number of aromatic nitrogens is 4. The van der Waals surface area contributed by atoms with Gasteiger partial charge in [-0.2, -0.15) is 9.97 Å². The Morgan fingerprint density at radius 3 is 2.71 bits per heavy atom. The average molecular weight is 522 g/mol. The molecule has 2 aromatic heterocycles. The monoisotopic (exact) mass is 522 g/mol. The minimum atomic E-state index is -3.20. The summed E-state index contributed by atoms with van der Waals surface area (Å²) in [7, 11) is -3.20. The van der Waals surface area contributed by atoms with Crippen molar-refractivity contribution in [3.8, 4) is 5.88 Å². The molecule has 1 fully saturated rings. The standard InChI is InChI=1S/C19H29F2N6O7P/c1-6-31-13-11-12(24-17(22)25-13)27(8-23-11)16-18(5,20)15(29)19(21,34-16)7-32-35(30)26-10(4)14(28)33-9(2)3/h8-10,15-16,29,35H,6-7H2,1-5H3,(H,26,30)(H2,22,24,25)/t10-,15-,16+,18+,19+/m0/s1. The molecular formula is C19H29F2N6O7P. The van der Waals surface area contributed by atoms with E-state index in [-0.39, 0.29) is 29.6 Å². The van der Waals surface area contributed by atoms with Gasteiger partial charge >= 0.3 is 5.97 Å². The average Bonchev–Trinajstić information content (AvgIpc) is 3.25. The van der Waals surface area contributed by atoms with Crippen LogP contribution in [-0.4, -0.2) is 73.6 Å². The minimum absolute atomic E-state index is 0.0140. The molecule has 16 heteroatoms. The smallest absolute Gasteiger partial charge is 0.323 e. The van der Waals surface area contributed by atoms with Crippen LogP contribution in [0.2, 0.25) is 0 Å². The number of aliphatic hydroxyl groups is 1. The third kappa shape index (κ3) is 5.54. The topological polar surface area (TPSA) is 173 Å². The predicted molar refractivity (Wildman–Crippen MR) is 119 cm³/mol. The van der Waals surface area contributed by atoms with Crippen molar-refractivity contribution in [3.05, 3.63) is 6.33 Å². The molecule has 1 saturated heterocycles. The normalized spacial score (nSPS) is 28.4. The Morgan fingerprint density at radius 1 is 1.40 bits per heavy atom. The van der Waals surface area contributed by atoms with Crippen molar-refractivity contribution >= 4 is 31.3 Å². The van der Waals surface area contributed by atoms with Crippen LogP contribution in [0.4, 0.5) is 14.7 Å². The highest BCUT2D eigenvalue weighted by Gasteiger charge is 2.65. The van der Waals surface area contributed by atoms with Crippen LogP contribution in [-0.2, 0) is 23.4 Å². The Hall–Kier alpha value is -2.45. The zero-order chi connectivity index (χ0) is 26.1. The number of halogens is 2. The number of fused-ring (bicyclic) bond motifs is 1. The van der Waals surface area contributed by atoms with E-state index >= 15 is 8.78 Å². The summed E-state index contributed by atoms with van der Waals surface area (Å²) in [4.78, 5) is 23.9. The quantitative estimate of drug-likeness (QED) is 0.303. The highest BCUT2D eigenvalue weighted by molar-refractivity contribution is 7.36. The van der Waals surface area contributed by atoms with Crippen LogP contribution >= 0.6 is 8.18 Å². The molecule has 3 rings (SSSR count). The lowest BCUT2D eigenvalue weighted by molar-refractivity contribution is -0.201. The molecule has 0 amide bonds. The number of aliphatic hydroxyl groups excluding tert-OH is 1. The number of hydrogen-bond acceptors (Lipinski definition) is 11. The second kappa shape index (κ2) is 10.3. The van der Waals surface area contributed by atoms with Crippen molar-refractivity contribution in [2.24, 2.45) is 0 Å². The van der Waals surface area contributed by atoms with Gasteiger partial charge in [-0.05, 0) is 34.6 Å². The number of alkyl halides is 2. The first-order valence-electron chi connectivity index (χ1n) is 10.8. The second-order valence-corrected chi connectivity index (χ2v) is 9.53. The maximum absolute atomic E-state index is 15.6. The van der Waals surface area contributed by atoms with Crippen molar-refractivity contribution in [2.45, 2.75) is 70.6 Å². The first-order chi connectivity index (χ1) is 16.3. The van der Waals surface area contributed by atoms with Gasteiger partial charge in [0, 0.05) is 0 Å². The summed E-state index contributed by atoms with van der Waals surface area (Å²) < 4.78 is 65.0. The molecule has 3 heterocycles. The maximum atomic E-state index is 15.6. The predicted octanol–water partition coefficient (Wildman–Crippen LogP) is 1.43. The van der Waals surface area contributed by atoms with Crippen molar-refractivity contribution < 1.29 is 42.0 Å². The molecule has 6 atom stereocenters. The number of nitrogens with one attached hydrogen (secondary N) is 1. The van der Waals surface area contributed by atoms with Crippen LogP contribution in [0.1, 0.15) is 40.8 Å². The van der Waals surface area contributed by atoms with Crippen molar-refractivity contribution in [1.29, 1.82) is 0 Å². The van der Waals surface area contributed by atoms with Gasteiger partial charge in [-0.25, -0.2) is 18.9 Å². The fourth-order valence-electron chi connectivity index (χ4n) is 3.45. The first-order valence-corrected chi connectivity index (χ1v) is 12.1. The molecule has 13 nitrogen and oxygen atoms in total. The second-order valence-electron chi connectivity index (χ2n) is 8.38. The van der Waals surface area contributed by atoms with Gasteiger partial charge in [0.2, 0.25) is 11.8 Å². The number of carbonyl (C=O) groups is 1. The lowest BCUT2D eigenvalue weighted by Crippen LogP contribution is -2.46. The van der Waals surface area contributed by atoms with E-state index in [0.29, 0.717) is 0 Å². The minimum Gasteiger partial charge on any atom is -0.476 e. The largest absolute Gasteiger partial charge is 0.476 e. The molecule has 196 valence electrons. The summed E-state index contributed by atoms with van der Waals surface area (Å²) >= 11 is 0. The Kier molecular flexibility index (Phi) is 7.96. The van der Waals surface area contributed by atoms with Crippen LogP contribution in [0.5, 0.6) is 5.88 Å². The van der Waals surface area contributed by atoms with E-state index in [1.54, 1.807) is 20.8 Å². The van der Waals surface area contributed by atoms with Crippen LogP contribution in [0, 0.1) is 0 Å². The zero-order valence-corrected chi connectivity index (χ0v) is 20.8. The summed E-state index contributed by atoms with van der Waals surface area (Å²) in [5.74, 6) is -3.95. The fourth-order valence-corrected chi connectivity index (χ4v) is 4.34. The Bertz CT molecular complexity index is 1100. The van der Waals surface area contributed by atoms with E-state index < -0.39 is 56.8 Å². The fraction of sp³-hybridized carbons (Fsp3) is 0.684. The highest BCUT2D eigenvalue weighted by Crippen LogP contribution is 2.49. The highest BCUT2D eigenvalue weighted by atomic mass is 31.1. The molecule has 1 aliphatic rings. The van der Waals surface area contributed by atoms with Crippen molar-refractivity contribution in [2.75, 3.05) is 18.9 Å². The summed E-state index contributed by atoms with van der Waals surface area (Å²) in [6.45, 7) is 6.44. The van der Waals surface area contributed by atoms with Gasteiger partial charge in [0.15, 0.2) is 29.2 Å². The van der Waals surface area contributed by atoms with E-state index in [4.69, 9.17) is 24.5 Å². The number of nitrogens with two attached hydrogens (primary N) is 1. The van der Waals surface area contributed by atoms with Crippen LogP contribution < -0.4 is 15.6 Å². The van der Waals surface area contributed by atoms with Crippen LogP contribution in [0.25, 0.3) is 11.2 Å². The molecule has 0 aliphatic carbocycles. The zero-order valence-electron chi connectivity index (χ0n) is 19.8. The summed E-state index contributed by atoms with van der Waals surface area (Å²) in [6.07, 6.45) is -3.37. The summed E-state index contributed by atoms with van der Waals surface area (Å²) in [5, 5.41) is 12.8. The van der Waals surface area contributed by atoms with Gasteiger partial charge in [-0.1, -0.05) is 0 Å². The van der Waals surface area contributed by atoms with Gasteiger partial charge < -0.3 is 29.6 Å². The number of nitrogens with zero attached hydrogens (tertiary/aromatic N) is 4. The molecule has 4 N–H and O–H groups in total. The first kappa shape index (κ1) is 27.1. The number of anilines is 1. The lowest BCUT2D eigenvalue weighted by atomic mass is 9.97. The summed E-state index contributed by atoms with van der Waals surface area (Å²) in [6, 6.07) is -1.02. The van der Waals surface area contributed by atoms with E-state index in [1.165, 1.54) is 6.92 Å². The third-order valence-electron chi connectivity index (χ3n) is 5.11. The van der Waals surface area contributed by atoms with Crippen molar-refractivity contribution in [3.63, 3.8) is 0 Å². The lowest BCUT2D eigenvalue weighted by Gasteiger charge is -2.25. The number of rotatable bonds is 10. The molecular weight excluding hydrogens is 493 g/mol. The van der Waals surface area contributed by atoms with Gasteiger partial charge in [0.05, 0.1) is 19.0 Å². The maximum Gasteiger partial charge on any atom is 0.323 e. The Morgan fingerprint density at radius 2 is 2.09 bits per heavy atom. The number of ether oxygens (including phenoxy) is 3. The molecule has 0 saturated carbocycles. The number of esters is 1. The molecule has 0 bridgehead atoms. The summed E-state index contributed by atoms with van der Waals surface area (Å²) in [5.41, 5.74) is 3.12. The molecule has 2 aromatic rings. The number of nitrogen functional groups attached to an aromatic ring is 1. The number of hydrogen-bond donors (Lipinski definition) is 3. The van der Waals surface area contributed by atoms with Gasteiger partial charge in [0.25, 0.3) is 14.0 Å². The molecule has 1 unspecified atom stereocenters. The Balaban J connectivity index is 1.78. The molecule has 0 aromatic carbocycles. The van der Waals surface area contributed by atoms with Gasteiger partial charge in [-0.3, -0.25) is 13.9 Å². The van der Waals surface area contributed by atoms with Gasteiger partial charge in [-0.15, -0.1) is 0 Å². The van der Waals surface area contributed by atoms with E-state index in [0.717, 1.165) is 17.8 Å². The van der Waals surface area contributed by atoms with E-state index in [2.05, 4.69) is 20.0 Å². The van der Waals surface area contributed by atoms with E-state index in [9.17, 15) is 14.5 Å². The van der Waals surface area contributed by atoms with Gasteiger partial charge in [0.1, 0.15) is 12.6 Å². The SMILES string of the molecule is CCOc1nc(N)nc2c1ncn2[C@@H]1O[C@](F)(CO[PH](=O)N[C@@H](C)C(=O)OC(C)C)[C@@H](O)[C@@]1(C)F. The third-order valence-corrected chi connectivity index (χ3v) is 6.19. The van der Waals surface area contributed by atoms with Crippen LogP contribution in [0.3, 0.4) is 0 Å².